The summed E-state index contributed by atoms with van der Waals surface area (Å²) in [7, 11) is 1.81. The van der Waals surface area contributed by atoms with Gasteiger partial charge < -0.3 is 24.8 Å². The summed E-state index contributed by atoms with van der Waals surface area (Å²) >= 11 is 0. The quantitative estimate of drug-likeness (QED) is 0.796. The number of hydrogen-bond acceptors (Lipinski definition) is 5. The second-order valence-corrected chi connectivity index (χ2v) is 6.81. The zero-order valence-corrected chi connectivity index (χ0v) is 16.0. The summed E-state index contributed by atoms with van der Waals surface area (Å²) in [6, 6.07) is 12.0. The summed E-state index contributed by atoms with van der Waals surface area (Å²) in [4.78, 5) is 26.0. The molecule has 0 bridgehead atoms. The van der Waals surface area contributed by atoms with E-state index in [0.717, 1.165) is 5.56 Å². The molecule has 0 saturated carbocycles. The van der Waals surface area contributed by atoms with Gasteiger partial charge in [-0.3, -0.25) is 4.79 Å². The number of aromatic carboxylic acids is 1. The minimum absolute atomic E-state index is 0.110. The van der Waals surface area contributed by atoms with Crippen LogP contribution in [0.5, 0.6) is 0 Å². The lowest BCUT2D eigenvalue weighted by molar-refractivity contribution is -0.0837. The van der Waals surface area contributed by atoms with E-state index in [0.29, 0.717) is 43.3 Å². The van der Waals surface area contributed by atoms with Crippen molar-refractivity contribution in [3.63, 3.8) is 0 Å². The van der Waals surface area contributed by atoms with Crippen LogP contribution in [0, 0.1) is 6.92 Å². The number of ether oxygens (including phenoxy) is 2. The monoisotopic (exact) mass is 384 g/mol. The number of nitrogens with one attached hydrogen (secondary N) is 1. The number of hydrogen-bond donors (Lipinski definition) is 2. The molecule has 0 aromatic heterocycles. The third kappa shape index (κ3) is 4.88. The van der Waals surface area contributed by atoms with Gasteiger partial charge in [0.15, 0.2) is 0 Å². The summed E-state index contributed by atoms with van der Waals surface area (Å²) in [6.07, 6.45) is -0.110. The normalized spacial score (nSPS) is 16.4. The van der Waals surface area contributed by atoms with Gasteiger partial charge in [0.1, 0.15) is 0 Å². The number of carbonyl (C=O) groups is 2. The van der Waals surface area contributed by atoms with Crippen LogP contribution in [0.3, 0.4) is 0 Å². The lowest BCUT2D eigenvalue weighted by Crippen LogP contribution is -2.38. The van der Waals surface area contributed by atoms with E-state index < -0.39 is 5.97 Å². The molecule has 2 aromatic carbocycles. The second kappa shape index (κ2) is 8.86. The minimum atomic E-state index is -1.06. The van der Waals surface area contributed by atoms with Gasteiger partial charge >= 0.3 is 5.97 Å². The lowest BCUT2D eigenvalue weighted by Gasteiger charge is -2.29. The highest BCUT2D eigenvalue weighted by Gasteiger charge is 2.20. The van der Waals surface area contributed by atoms with Gasteiger partial charge in [0.05, 0.1) is 37.2 Å². The van der Waals surface area contributed by atoms with Gasteiger partial charge in [-0.05, 0) is 37.3 Å². The number of amides is 1. The molecule has 1 aliphatic heterocycles. The third-order valence-corrected chi connectivity index (χ3v) is 4.57. The number of carboxylic acid groups (broad SMARTS) is 1. The van der Waals surface area contributed by atoms with E-state index in [2.05, 4.69) is 5.32 Å². The molecule has 28 heavy (non-hydrogen) atoms. The molecule has 0 spiro atoms. The van der Waals surface area contributed by atoms with Gasteiger partial charge in [0.25, 0.3) is 5.91 Å². The molecule has 0 aliphatic carbocycles. The smallest absolute Gasteiger partial charge is 0.337 e. The van der Waals surface area contributed by atoms with Crippen LogP contribution in [-0.2, 0) is 9.47 Å². The Bertz CT molecular complexity index is 844. The van der Waals surface area contributed by atoms with Crippen LogP contribution in [-0.4, -0.2) is 56.5 Å². The van der Waals surface area contributed by atoms with Gasteiger partial charge in [-0.1, -0.05) is 17.7 Å². The van der Waals surface area contributed by atoms with E-state index in [9.17, 15) is 14.7 Å². The van der Waals surface area contributed by atoms with Crippen LogP contribution in [0.1, 0.15) is 26.3 Å². The van der Waals surface area contributed by atoms with Crippen molar-refractivity contribution in [2.75, 3.05) is 43.6 Å². The van der Waals surface area contributed by atoms with Crippen molar-refractivity contribution >= 4 is 23.3 Å². The van der Waals surface area contributed by atoms with Crippen molar-refractivity contribution in [1.29, 1.82) is 0 Å². The summed E-state index contributed by atoms with van der Waals surface area (Å²) in [5, 5.41) is 12.4. The van der Waals surface area contributed by atoms with Crippen molar-refractivity contribution in [3.05, 3.63) is 59.2 Å². The average molecular weight is 384 g/mol. The molecule has 1 aliphatic rings. The van der Waals surface area contributed by atoms with Crippen molar-refractivity contribution in [2.45, 2.75) is 13.0 Å². The second-order valence-electron chi connectivity index (χ2n) is 6.81. The fraction of sp³-hybridized carbons (Fsp3) is 0.333. The standard InChI is InChI=1S/C21H24N2O5/c1-14-3-5-15(6-4-14)20(24)22-16-7-8-19(18(11-16)21(25)26)23(2)12-17-13-27-9-10-28-17/h3-8,11,17H,9-10,12-13H2,1-2H3,(H,22,24)(H,25,26)/t17-/m0/s1. The molecule has 3 rings (SSSR count). The summed E-state index contributed by atoms with van der Waals surface area (Å²) < 4.78 is 11.0. The average Bonchev–Trinajstić information content (AvgIpc) is 2.69. The predicted molar refractivity (Wildman–Crippen MR) is 106 cm³/mol. The predicted octanol–water partition coefficient (Wildman–Crippen LogP) is 2.80. The van der Waals surface area contributed by atoms with E-state index in [4.69, 9.17) is 9.47 Å². The Hall–Kier alpha value is -2.90. The zero-order chi connectivity index (χ0) is 20.1. The van der Waals surface area contributed by atoms with Crippen LogP contribution in [0.4, 0.5) is 11.4 Å². The van der Waals surface area contributed by atoms with Gasteiger partial charge in [-0.15, -0.1) is 0 Å². The third-order valence-electron chi connectivity index (χ3n) is 4.57. The first-order valence-corrected chi connectivity index (χ1v) is 9.10. The Morgan fingerprint density at radius 2 is 1.93 bits per heavy atom. The lowest BCUT2D eigenvalue weighted by atomic mass is 10.1. The first-order valence-electron chi connectivity index (χ1n) is 9.10. The van der Waals surface area contributed by atoms with E-state index >= 15 is 0 Å². The van der Waals surface area contributed by atoms with Gasteiger partial charge in [0, 0.05) is 24.8 Å². The van der Waals surface area contributed by atoms with Crippen molar-refractivity contribution in [1.82, 2.24) is 0 Å². The molecule has 2 aromatic rings. The molecule has 7 nitrogen and oxygen atoms in total. The highest BCUT2D eigenvalue weighted by atomic mass is 16.6. The topological polar surface area (TPSA) is 88.1 Å². The molecular formula is C21H24N2O5. The summed E-state index contributed by atoms with van der Waals surface area (Å²) in [5.74, 6) is -1.35. The number of aryl methyl sites for hydroxylation is 1. The summed E-state index contributed by atoms with van der Waals surface area (Å²) in [5.41, 5.74) is 2.66. The van der Waals surface area contributed by atoms with Gasteiger partial charge in [0.2, 0.25) is 0 Å². The summed E-state index contributed by atoms with van der Waals surface area (Å²) in [6.45, 7) is 4.05. The number of carboxylic acids is 1. The molecule has 0 radical (unpaired) electrons. The molecule has 1 atom stereocenters. The molecule has 148 valence electrons. The van der Waals surface area contributed by atoms with Crippen molar-refractivity contribution < 1.29 is 24.2 Å². The number of carbonyl (C=O) groups excluding carboxylic acids is 1. The van der Waals surface area contributed by atoms with E-state index in [-0.39, 0.29) is 17.6 Å². The number of benzene rings is 2. The number of anilines is 2. The fourth-order valence-corrected chi connectivity index (χ4v) is 3.07. The van der Waals surface area contributed by atoms with E-state index in [1.807, 2.05) is 31.0 Å². The fourth-order valence-electron chi connectivity index (χ4n) is 3.07. The van der Waals surface area contributed by atoms with Crippen LogP contribution >= 0.6 is 0 Å². The van der Waals surface area contributed by atoms with Crippen molar-refractivity contribution in [3.8, 4) is 0 Å². The number of nitrogens with zero attached hydrogens (tertiary/aromatic N) is 1. The number of rotatable bonds is 6. The Labute approximate surface area is 163 Å². The minimum Gasteiger partial charge on any atom is -0.478 e. The Balaban J connectivity index is 1.75. The first-order chi connectivity index (χ1) is 13.4. The Morgan fingerprint density at radius 3 is 2.57 bits per heavy atom. The molecule has 2 N–H and O–H groups in total. The molecular weight excluding hydrogens is 360 g/mol. The largest absolute Gasteiger partial charge is 0.478 e. The molecule has 7 heteroatoms. The maximum atomic E-state index is 12.4. The number of likely N-dealkylation sites (N-methyl/N-ethyl adjacent to an activating group) is 1. The first kappa shape index (κ1) is 19.9. The highest BCUT2D eigenvalue weighted by molar-refractivity contribution is 6.05. The maximum Gasteiger partial charge on any atom is 0.337 e. The van der Waals surface area contributed by atoms with Crippen LogP contribution in [0.15, 0.2) is 42.5 Å². The molecule has 1 amide bonds. The van der Waals surface area contributed by atoms with Crippen LogP contribution in [0.25, 0.3) is 0 Å². The molecule has 1 heterocycles. The van der Waals surface area contributed by atoms with Gasteiger partial charge in [-0.2, -0.15) is 0 Å². The zero-order valence-electron chi connectivity index (χ0n) is 16.0. The molecule has 0 unspecified atom stereocenters. The molecule has 1 fully saturated rings. The van der Waals surface area contributed by atoms with Crippen LogP contribution < -0.4 is 10.2 Å². The Morgan fingerprint density at radius 1 is 1.18 bits per heavy atom. The maximum absolute atomic E-state index is 12.4. The van der Waals surface area contributed by atoms with E-state index in [1.54, 1.807) is 24.3 Å². The Kier molecular flexibility index (Phi) is 6.28. The highest BCUT2D eigenvalue weighted by Crippen LogP contribution is 2.25. The van der Waals surface area contributed by atoms with Gasteiger partial charge in [-0.25, -0.2) is 4.79 Å². The SMILES string of the molecule is Cc1ccc(C(=O)Nc2ccc(N(C)C[C@H]3COCCO3)c(C(=O)O)c2)cc1. The van der Waals surface area contributed by atoms with Crippen LogP contribution in [0.2, 0.25) is 0 Å². The molecule has 1 saturated heterocycles. The van der Waals surface area contributed by atoms with E-state index in [1.165, 1.54) is 6.07 Å². The van der Waals surface area contributed by atoms with Crippen molar-refractivity contribution in [2.24, 2.45) is 0 Å².